The van der Waals surface area contributed by atoms with Crippen molar-refractivity contribution < 1.29 is 9.59 Å². The van der Waals surface area contributed by atoms with Crippen LogP contribution in [0.4, 0.5) is 5.69 Å². The molecule has 1 aliphatic rings. The monoisotopic (exact) mass is 434 g/mol. The molecule has 1 N–H and O–H groups in total. The Hall–Kier alpha value is -3.06. The lowest BCUT2D eigenvalue weighted by Crippen LogP contribution is -2.46. The van der Waals surface area contributed by atoms with Crippen molar-refractivity contribution in [1.82, 2.24) is 15.3 Å². The first kappa shape index (κ1) is 21.2. The average molecular weight is 435 g/mol. The number of amides is 2. The lowest BCUT2D eigenvalue weighted by Gasteiger charge is -2.32. The highest BCUT2D eigenvalue weighted by Crippen LogP contribution is 2.34. The van der Waals surface area contributed by atoms with Gasteiger partial charge in [-0.2, -0.15) is 0 Å². The van der Waals surface area contributed by atoms with Gasteiger partial charge >= 0.3 is 0 Å². The van der Waals surface area contributed by atoms with Gasteiger partial charge in [-0.3, -0.25) is 19.5 Å². The van der Waals surface area contributed by atoms with Crippen LogP contribution < -0.4 is 10.2 Å². The largest absolute Gasteiger partial charge is 0.351 e. The summed E-state index contributed by atoms with van der Waals surface area (Å²) in [7, 11) is 0. The molecule has 4 rings (SSSR count). The van der Waals surface area contributed by atoms with Crippen molar-refractivity contribution in [3.05, 3.63) is 76.5 Å². The Morgan fingerprint density at radius 1 is 1.16 bits per heavy atom. The Kier molecular flexibility index (Phi) is 6.72. The second-order valence-electron chi connectivity index (χ2n) is 7.66. The Bertz CT molecular complexity index is 1020. The number of benzene rings is 1. The zero-order valence-corrected chi connectivity index (χ0v) is 18.3. The van der Waals surface area contributed by atoms with Crippen LogP contribution in [0.3, 0.4) is 0 Å². The van der Waals surface area contributed by atoms with Gasteiger partial charge in [0.2, 0.25) is 5.91 Å². The van der Waals surface area contributed by atoms with Crippen LogP contribution in [0.2, 0.25) is 0 Å². The summed E-state index contributed by atoms with van der Waals surface area (Å²) in [5, 5.41) is 5.13. The maximum Gasteiger partial charge on any atom is 0.279 e. The molecule has 1 aliphatic carbocycles. The van der Waals surface area contributed by atoms with Crippen molar-refractivity contribution in [2.75, 3.05) is 4.90 Å². The van der Waals surface area contributed by atoms with E-state index in [9.17, 15) is 9.59 Å². The number of aryl methyl sites for hydroxylation is 1. The van der Waals surface area contributed by atoms with Crippen LogP contribution >= 0.6 is 11.3 Å². The molecule has 2 amide bonds. The number of aromatic nitrogens is 2. The topological polar surface area (TPSA) is 75.2 Å². The first-order valence-electron chi connectivity index (χ1n) is 10.7. The van der Waals surface area contributed by atoms with Crippen molar-refractivity contribution in [3.8, 4) is 0 Å². The average Bonchev–Trinajstić information content (AvgIpc) is 3.52. The standard InChI is InChI=1S/C24H26N4O2S/c1-2-17-8-3-6-11-20(17)28(24(30)19-16-25-13-14-26-19)22(21-12-7-15-31-21)23(29)27-18-9-4-5-10-18/h3,6-8,11-16,18,22H,2,4-5,9-10H2,1H3,(H,27,29). The van der Waals surface area contributed by atoms with Gasteiger partial charge in [-0.25, -0.2) is 4.98 Å². The molecule has 0 saturated heterocycles. The van der Waals surface area contributed by atoms with Crippen LogP contribution in [0.1, 0.15) is 59.6 Å². The fourth-order valence-electron chi connectivity index (χ4n) is 4.11. The molecule has 1 unspecified atom stereocenters. The van der Waals surface area contributed by atoms with Crippen LogP contribution in [0.25, 0.3) is 0 Å². The van der Waals surface area contributed by atoms with E-state index in [-0.39, 0.29) is 23.6 Å². The van der Waals surface area contributed by atoms with Gasteiger partial charge < -0.3 is 5.32 Å². The maximum atomic E-state index is 13.7. The predicted molar refractivity (Wildman–Crippen MR) is 122 cm³/mol. The highest BCUT2D eigenvalue weighted by molar-refractivity contribution is 7.10. The van der Waals surface area contributed by atoms with E-state index >= 15 is 0 Å². The number of nitrogens with one attached hydrogen (secondary N) is 1. The molecular weight excluding hydrogens is 408 g/mol. The van der Waals surface area contributed by atoms with Gasteiger partial charge in [-0.05, 0) is 42.3 Å². The number of hydrogen-bond donors (Lipinski definition) is 1. The summed E-state index contributed by atoms with van der Waals surface area (Å²) in [6, 6.07) is 10.9. The summed E-state index contributed by atoms with van der Waals surface area (Å²) >= 11 is 1.48. The Morgan fingerprint density at radius 3 is 2.65 bits per heavy atom. The van der Waals surface area contributed by atoms with Gasteiger partial charge in [0.05, 0.1) is 6.20 Å². The summed E-state index contributed by atoms with van der Waals surface area (Å²) in [6.07, 6.45) is 9.41. The summed E-state index contributed by atoms with van der Waals surface area (Å²) in [5.74, 6) is -0.494. The van der Waals surface area contributed by atoms with Crippen LogP contribution in [0.15, 0.2) is 60.4 Å². The lowest BCUT2D eigenvalue weighted by atomic mass is 10.0. The normalized spacial score (nSPS) is 14.9. The number of para-hydroxylation sites is 1. The quantitative estimate of drug-likeness (QED) is 0.592. The maximum absolute atomic E-state index is 13.7. The van der Waals surface area contributed by atoms with Crippen molar-refractivity contribution >= 4 is 28.8 Å². The molecule has 31 heavy (non-hydrogen) atoms. The van der Waals surface area contributed by atoms with E-state index in [1.807, 2.05) is 48.7 Å². The molecule has 7 heteroatoms. The molecule has 0 spiro atoms. The highest BCUT2D eigenvalue weighted by atomic mass is 32.1. The second-order valence-corrected chi connectivity index (χ2v) is 8.64. The number of rotatable bonds is 7. The lowest BCUT2D eigenvalue weighted by molar-refractivity contribution is -0.123. The first-order valence-corrected chi connectivity index (χ1v) is 11.6. The molecule has 2 aromatic heterocycles. The Labute approximate surface area is 186 Å². The van der Waals surface area contributed by atoms with Gasteiger partial charge in [0.25, 0.3) is 5.91 Å². The molecule has 160 valence electrons. The number of anilines is 1. The third kappa shape index (κ3) is 4.66. The fourth-order valence-corrected chi connectivity index (χ4v) is 4.93. The van der Waals surface area contributed by atoms with Crippen LogP contribution in [0, 0.1) is 0 Å². The fraction of sp³-hybridized carbons (Fsp3) is 0.333. The first-order chi connectivity index (χ1) is 15.2. The predicted octanol–water partition coefficient (Wildman–Crippen LogP) is 4.55. The Balaban J connectivity index is 1.81. The van der Waals surface area contributed by atoms with Gasteiger partial charge in [-0.15, -0.1) is 11.3 Å². The zero-order chi connectivity index (χ0) is 21.6. The van der Waals surface area contributed by atoms with E-state index in [0.29, 0.717) is 0 Å². The molecule has 1 fully saturated rings. The van der Waals surface area contributed by atoms with Crippen LogP contribution in [-0.2, 0) is 11.2 Å². The third-order valence-electron chi connectivity index (χ3n) is 5.65. The molecule has 0 aliphatic heterocycles. The summed E-state index contributed by atoms with van der Waals surface area (Å²) in [4.78, 5) is 38.1. The van der Waals surface area contributed by atoms with Gasteiger partial charge in [0.1, 0.15) is 5.69 Å². The molecule has 3 aromatic rings. The second kappa shape index (κ2) is 9.83. The Morgan fingerprint density at radius 2 is 1.97 bits per heavy atom. The van der Waals surface area contributed by atoms with E-state index < -0.39 is 6.04 Å². The molecule has 1 aromatic carbocycles. The summed E-state index contributed by atoms with van der Waals surface area (Å²) in [5.41, 5.74) is 1.93. The number of thiophene rings is 1. The smallest absolute Gasteiger partial charge is 0.279 e. The molecule has 0 radical (unpaired) electrons. The summed E-state index contributed by atoms with van der Waals surface area (Å²) < 4.78 is 0. The highest BCUT2D eigenvalue weighted by Gasteiger charge is 2.36. The minimum absolute atomic E-state index is 0.155. The van der Waals surface area contributed by atoms with Gasteiger partial charge in [0, 0.05) is 29.0 Å². The van der Waals surface area contributed by atoms with Gasteiger partial charge in [0.15, 0.2) is 6.04 Å². The van der Waals surface area contributed by atoms with E-state index in [1.54, 1.807) is 4.90 Å². The molecule has 1 saturated carbocycles. The number of hydrogen-bond acceptors (Lipinski definition) is 5. The summed E-state index contributed by atoms with van der Waals surface area (Å²) in [6.45, 7) is 2.04. The number of carbonyl (C=O) groups is 2. The van der Waals surface area contributed by atoms with E-state index in [4.69, 9.17) is 0 Å². The van der Waals surface area contributed by atoms with Crippen molar-refractivity contribution in [2.45, 2.75) is 51.1 Å². The van der Waals surface area contributed by atoms with E-state index in [0.717, 1.165) is 48.2 Å². The van der Waals surface area contributed by atoms with Crippen LogP contribution in [0.5, 0.6) is 0 Å². The van der Waals surface area contributed by atoms with Crippen molar-refractivity contribution in [3.63, 3.8) is 0 Å². The molecular formula is C24H26N4O2S. The van der Waals surface area contributed by atoms with Gasteiger partial charge in [-0.1, -0.05) is 44.0 Å². The van der Waals surface area contributed by atoms with Crippen LogP contribution in [-0.4, -0.2) is 27.8 Å². The SMILES string of the molecule is CCc1ccccc1N(C(=O)c1cnccn1)C(C(=O)NC1CCCC1)c1cccs1. The molecule has 0 bridgehead atoms. The minimum Gasteiger partial charge on any atom is -0.351 e. The molecule has 2 heterocycles. The zero-order valence-electron chi connectivity index (χ0n) is 17.5. The molecule has 6 nitrogen and oxygen atoms in total. The number of nitrogens with zero attached hydrogens (tertiary/aromatic N) is 3. The molecule has 1 atom stereocenters. The van der Waals surface area contributed by atoms with E-state index in [2.05, 4.69) is 15.3 Å². The minimum atomic E-state index is -0.775. The van der Waals surface area contributed by atoms with Crippen molar-refractivity contribution in [2.24, 2.45) is 0 Å². The third-order valence-corrected chi connectivity index (χ3v) is 6.58. The number of carbonyl (C=O) groups excluding carboxylic acids is 2. The van der Waals surface area contributed by atoms with Crippen molar-refractivity contribution in [1.29, 1.82) is 0 Å². The van der Waals surface area contributed by atoms with E-state index in [1.165, 1.54) is 29.9 Å².